The Morgan fingerprint density at radius 3 is 2.80 bits per heavy atom. The highest BCUT2D eigenvalue weighted by Gasteiger charge is 2.16. The minimum Gasteiger partial charge on any atom is -0.378 e. The molecule has 0 saturated carbocycles. The van der Waals surface area contributed by atoms with Gasteiger partial charge in [0.05, 0.1) is 18.1 Å². The first-order valence-corrected chi connectivity index (χ1v) is 9.22. The molecule has 2 aromatic rings. The molecule has 0 unspecified atom stereocenters. The van der Waals surface area contributed by atoms with E-state index in [0.29, 0.717) is 24.6 Å². The van der Waals surface area contributed by atoms with Crippen LogP contribution in [0, 0.1) is 0 Å². The summed E-state index contributed by atoms with van der Waals surface area (Å²) in [6.45, 7) is 3.38. The molecule has 1 aliphatic heterocycles. The first-order valence-electron chi connectivity index (χ1n) is 8.34. The Labute approximate surface area is 150 Å². The fraction of sp³-hybridized carbons (Fsp3) is 0.389. The highest BCUT2D eigenvalue weighted by Crippen LogP contribution is 2.18. The van der Waals surface area contributed by atoms with Crippen LogP contribution in [0.25, 0.3) is 0 Å². The van der Waals surface area contributed by atoms with E-state index in [4.69, 9.17) is 4.74 Å². The highest BCUT2D eigenvalue weighted by molar-refractivity contribution is 7.12. The number of hydrogen-bond donors (Lipinski definition) is 1. The Hall–Kier alpha value is -2.25. The quantitative estimate of drug-likeness (QED) is 0.768. The minimum absolute atomic E-state index is 0.0144. The Balaban J connectivity index is 1.51. The number of pyridine rings is 1. The number of Topliss-reactive ketones (excluding diaryl/α,β-unsaturated/α-hetero) is 1. The van der Waals surface area contributed by atoms with Crippen LogP contribution >= 0.6 is 11.3 Å². The van der Waals surface area contributed by atoms with Gasteiger partial charge in [-0.25, -0.2) is 4.98 Å². The normalized spacial score (nSPS) is 14.3. The van der Waals surface area contributed by atoms with Crippen LogP contribution in [0.1, 0.15) is 28.1 Å². The summed E-state index contributed by atoms with van der Waals surface area (Å²) in [5, 5.41) is 4.76. The molecule has 0 radical (unpaired) electrons. The fourth-order valence-electron chi connectivity index (χ4n) is 2.70. The fourth-order valence-corrected chi connectivity index (χ4v) is 3.39. The molecule has 6 nitrogen and oxygen atoms in total. The van der Waals surface area contributed by atoms with Gasteiger partial charge in [-0.15, -0.1) is 11.3 Å². The van der Waals surface area contributed by atoms with Crippen molar-refractivity contribution in [3.8, 4) is 0 Å². The Morgan fingerprint density at radius 1 is 1.20 bits per heavy atom. The van der Waals surface area contributed by atoms with Gasteiger partial charge in [-0.2, -0.15) is 0 Å². The van der Waals surface area contributed by atoms with Gasteiger partial charge in [-0.05, 0) is 17.5 Å². The predicted octanol–water partition coefficient (Wildman–Crippen LogP) is 2.26. The molecule has 0 bridgehead atoms. The lowest BCUT2D eigenvalue weighted by atomic mass is 10.2. The summed E-state index contributed by atoms with van der Waals surface area (Å²) in [5.41, 5.74) is 0.974. The van der Waals surface area contributed by atoms with Crippen LogP contribution in [-0.4, -0.2) is 43.0 Å². The molecule has 7 heteroatoms. The average molecular weight is 359 g/mol. The van der Waals surface area contributed by atoms with E-state index in [-0.39, 0.29) is 24.5 Å². The number of carbonyl (C=O) groups is 2. The van der Waals surface area contributed by atoms with Crippen molar-refractivity contribution in [1.29, 1.82) is 0 Å². The van der Waals surface area contributed by atoms with Gasteiger partial charge in [-0.1, -0.05) is 12.1 Å². The van der Waals surface area contributed by atoms with E-state index in [1.807, 2.05) is 23.6 Å². The van der Waals surface area contributed by atoms with Gasteiger partial charge in [0.25, 0.3) is 0 Å². The van der Waals surface area contributed by atoms with Crippen molar-refractivity contribution in [2.24, 2.45) is 0 Å². The molecule has 132 valence electrons. The van der Waals surface area contributed by atoms with Crippen LogP contribution < -0.4 is 10.2 Å². The Bertz CT molecular complexity index is 712. The number of ketones is 1. The van der Waals surface area contributed by atoms with E-state index in [9.17, 15) is 9.59 Å². The number of anilines is 1. The third-order valence-corrected chi connectivity index (χ3v) is 4.94. The third-order valence-electron chi connectivity index (χ3n) is 4.03. The molecule has 2 aromatic heterocycles. The van der Waals surface area contributed by atoms with E-state index in [1.54, 1.807) is 12.3 Å². The van der Waals surface area contributed by atoms with Crippen molar-refractivity contribution in [2.45, 2.75) is 19.4 Å². The van der Waals surface area contributed by atoms with Crippen molar-refractivity contribution in [3.05, 3.63) is 46.3 Å². The first kappa shape index (κ1) is 17.6. The number of nitrogens with zero attached hydrogens (tertiary/aromatic N) is 2. The lowest BCUT2D eigenvalue weighted by Crippen LogP contribution is -2.37. The van der Waals surface area contributed by atoms with Crippen LogP contribution in [0.2, 0.25) is 0 Å². The van der Waals surface area contributed by atoms with Gasteiger partial charge in [-0.3, -0.25) is 9.59 Å². The van der Waals surface area contributed by atoms with Gasteiger partial charge in [0.1, 0.15) is 5.82 Å². The molecule has 1 saturated heterocycles. The number of nitrogens with one attached hydrogen (secondary N) is 1. The molecule has 0 atom stereocenters. The zero-order valence-electron chi connectivity index (χ0n) is 13.9. The van der Waals surface area contributed by atoms with E-state index in [1.165, 1.54) is 11.3 Å². The second-order valence-electron chi connectivity index (χ2n) is 5.76. The monoisotopic (exact) mass is 359 g/mol. The van der Waals surface area contributed by atoms with Crippen molar-refractivity contribution in [2.75, 3.05) is 31.2 Å². The largest absolute Gasteiger partial charge is 0.378 e. The second kappa shape index (κ2) is 8.73. The summed E-state index contributed by atoms with van der Waals surface area (Å²) >= 11 is 1.41. The van der Waals surface area contributed by atoms with E-state index >= 15 is 0 Å². The zero-order chi connectivity index (χ0) is 17.5. The summed E-state index contributed by atoms with van der Waals surface area (Å²) in [6.07, 6.45) is 2.19. The molecular weight excluding hydrogens is 338 g/mol. The van der Waals surface area contributed by atoms with Crippen molar-refractivity contribution >= 4 is 28.8 Å². The minimum atomic E-state index is -0.123. The molecule has 1 N–H and O–H groups in total. The van der Waals surface area contributed by atoms with Crippen molar-refractivity contribution in [3.63, 3.8) is 0 Å². The van der Waals surface area contributed by atoms with Crippen molar-refractivity contribution in [1.82, 2.24) is 10.3 Å². The summed E-state index contributed by atoms with van der Waals surface area (Å²) in [7, 11) is 0. The zero-order valence-corrected chi connectivity index (χ0v) is 14.8. The topological polar surface area (TPSA) is 71.5 Å². The number of ether oxygens (including phenoxy) is 1. The molecule has 1 amide bonds. The number of aromatic nitrogens is 1. The second-order valence-corrected chi connectivity index (χ2v) is 6.71. The summed E-state index contributed by atoms with van der Waals surface area (Å²) in [4.78, 5) is 31.3. The molecule has 25 heavy (non-hydrogen) atoms. The summed E-state index contributed by atoms with van der Waals surface area (Å²) in [6, 6.07) is 7.46. The van der Waals surface area contributed by atoms with Gasteiger partial charge in [0.2, 0.25) is 5.91 Å². The third kappa shape index (κ3) is 4.87. The smallest absolute Gasteiger partial charge is 0.220 e. The van der Waals surface area contributed by atoms with Gasteiger partial charge < -0.3 is 15.0 Å². The van der Waals surface area contributed by atoms with Crippen LogP contribution in [0.4, 0.5) is 5.82 Å². The van der Waals surface area contributed by atoms with E-state index in [2.05, 4.69) is 15.2 Å². The summed E-state index contributed by atoms with van der Waals surface area (Å²) < 4.78 is 5.37. The summed E-state index contributed by atoms with van der Waals surface area (Å²) in [5.74, 6) is 0.781. The molecule has 3 heterocycles. The number of amides is 1. The standard InChI is InChI=1S/C18H21N3O3S/c22-15(16-4-2-12-25-16)5-6-17(23)20-13-14-3-1-7-19-18(14)21-8-10-24-11-9-21/h1-4,7,12H,5-6,8-11,13H2,(H,20,23). The first-order chi connectivity index (χ1) is 12.2. The van der Waals surface area contributed by atoms with Gasteiger partial charge >= 0.3 is 0 Å². The molecule has 3 rings (SSSR count). The highest BCUT2D eigenvalue weighted by atomic mass is 32.1. The van der Waals surface area contributed by atoms with Crippen molar-refractivity contribution < 1.29 is 14.3 Å². The SMILES string of the molecule is O=C(CCC(=O)c1cccs1)NCc1cccnc1N1CCOCC1. The lowest BCUT2D eigenvalue weighted by molar-refractivity contribution is -0.121. The molecule has 1 fully saturated rings. The number of hydrogen-bond acceptors (Lipinski definition) is 6. The van der Waals surface area contributed by atoms with Gasteiger partial charge in [0.15, 0.2) is 5.78 Å². The van der Waals surface area contributed by atoms with Crippen LogP contribution in [0.3, 0.4) is 0 Å². The Morgan fingerprint density at radius 2 is 2.04 bits per heavy atom. The maximum absolute atomic E-state index is 12.1. The molecule has 0 aromatic carbocycles. The van der Waals surface area contributed by atoms with Crippen LogP contribution in [0.15, 0.2) is 35.8 Å². The van der Waals surface area contributed by atoms with E-state index < -0.39 is 0 Å². The molecule has 0 aliphatic carbocycles. The number of thiophene rings is 1. The van der Waals surface area contributed by atoms with E-state index in [0.717, 1.165) is 24.5 Å². The lowest BCUT2D eigenvalue weighted by Gasteiger charge is -2.29. The maximum Gasteiger partial charge on any atom is 0.220 e. The van der Waals surface area contributed by atoms with Gasteiger partial charge in [0, 0.05) is 44.2 Å². The average Bonchev–Trinajstić information content (AvgIpc) is 3.20. The molecular formula is C18H21N3O3S. The van der Waals surface area contributed by atoms with Crippen LogP contribution in [0.5, 0.6) is 0 Å². The van der Waals surface area contributed by atoms with Crippen LogP contribution in [-0.2, 0) is 16.1 Å². The maximum atomic E-state index is 12.1. The Kier molecular flexibility index (Phi) is 6.14. The number of morpholine rings is 1. The molecule has 1 aliphatic rings. The number of carbonyl (C=O) groups excluding carboxylic acids is 2. The predicted molar refractivity (Wildman–Crippen MR) is 97.0 cm³/mol. The molecule has 0 spiro atoms. The number of rotatable bonds is 7.